The molecule has 21 heavy (non-hydrogen) atoms. The lowest BCUT2D eigenvalue weighted by molar-refractivity contribution is -0.137. The van der Waals surface area contributed by atoms with Crippen molar-refractivity contribution in [1.29, 1.82) is 0 Å². The Bertz CT molecular complexity index is 663. The molecule has 4 heteroatoms. The molecule has 0 unspecified atom stereocenters. The molecule has 0 amide bonds. The maximum Gasteiger partial charge on any atom is 0.416 e. The number of Topliss-reactive ketones (excluding diaryl/α,β-unsaturated/α-hetero) is 1. The Labute approximate surface area is 120 Å². The highest BCUT2D eigenvalue weighted by molar-refractivity contribution is 5.98. The van der Waals surface area contributed by atoms with Crippen LogP contribution in [0, 0.1) is 5.92 Å². The third-order valence-corrected chi connectivity index (χ3v) is 3.90. The van der Waals surface area contributed by atoms with Gasteiger partial charge in [-0.2, -0.15) is 13.2 Å². The quantitative estimate of drug-likeness (QED) is 0.753. The van der Waals surface area contributed by atoms with E-state index in [1.165, 1.54) is 12.1 Å². The average Bonchev–Trinajstić information content (AvgIpc) is 2.89. The molecular weight excluding hydrogens is 277 g/mol. The molecule has 2 aromatic rings. The molecule has 0 atom stereocenters. The summed E-state index contributed by atoms with van der Waals surface area (Å²) in [4.78, 5) is 12.4. The topological polar surface area (TPSA) is 17.1 Å². The summed E-state index contributed by atoms with van der Waals surface area (Å²) >= 11 is 0. The molecule has 0 aliphatic heterocycles. The summed E-state index contributed by atoms with van der Waals surface area (Å²) in [6, 6.07) is 12.4. The number of hydrogen-bond donors (Lipinski definition) is 0. The SMILES string of the molecule is O=C(c1cccc(C(F)(F)F)c1)C1Cc2ccccc2C1. The number of carbonyl (C=O) groups is 1. The second-order valence-corrected chi connectivity index (χ2v) is 5.32. The van der Waals surface area contributed by atoms with Crippen molar-refractivity contribution in [3.63, 3.8) is 0 Å². The van der Waals surface area contributed by atoms with Crippen LogP contribution in [0.5, 0.6) is 0 Å². The second kappa shape index (κ2) is 5.02. The van der Waals surface area contributed by atoms with Gasteiger partial charge < -0.3 is 0 Å². The molecule has 0 aromatic heterocycles. The Morgan fingerprint density at radius 1 is 0.952 bits per heavy atom. The Morgan fingerprint density at radius 3 is 2.14 bits per heavy atom. The zero-order chi connectivity index (χ0) is 15.0. The molecule has 0 spiro atoms. The van der Waals surface area contributed by atoms with Crippen LogP contribution in [0.1, 0.15) is 27.0 Å². The van der Waals surface area contributed by atoms with Crippen molar-refractivity contribution in [3.8, 4) is 0 Å². The predicted molar refractivity (Wildman–Crippen MR) is 73.1 cm³/mol. The lowest BCUT2D eigenvalue weighted by atomic mass is 9.94. The number of carbonyl (C=O) groups excluding carboxylic acids is 1. The first-order valence-electron chi connectivity index (χ1n) is 6.73. The van der Waals surface area contributed by atoms with Crippen molar-refractivity contribution >= 4 is 5.78 Å². The summed E-state index contributed by atoms with van der Waals surface area (Å²) in [5.74, 6) is -0.469. The van der Waals surface area contributed by atoms with Gasteiger partial charge in [0.05, 0.1) is 5.56 Å². The summed E-state index contributed by atoms with van der Waals surface area (Å²) in [5, 5.41) is 0. The van der Waals surface area contributed by atoms with Crippen molar-refractivity contribution in [1.82, 2.24) is 0 Å². The monoisotopic (exact) mass is 290 g/mol. The fourth-order valence-corrected chi connectivity index (χ4v) is 2.83. The molecule has 0 saturated heterocycles. The molecule has 108 valence electrons. The van der Waals surface area contributed by atoms with Crippen molar-refractivity contribution in [2.75, 3.05) is 0 Å². The molecule has 1 aliphatic rings. The Hall–Kier alpha value is -2.10. The van der Waals surface area contributed by atoms with Gasteiger partial charge in [0.25, 0.3) is 0 Å². The predicted octanol–water partition coefficient (Wildman–Crippen LogP) is 4.30. The number of halogens is 3. The number of hydrogen-bond acceptors (Lipinski definition) is 1. The standard InChI is InChI=1S/C17H13F3O/c18-17(19,20)15-7-3-6-13(10-15)16(21)14-8-11-4-1-2-5-12(11)9-14/h1-7,10,14H,8-9H2. The van der Waals surface area contributed by atoms with Gasteiger partial charge in [0.15, 0.2) is 5.78 Å². The van der Waals surface area contributed by atoms with Crippen molar-refractivity contribution in [2.24, 2.45) is 5.92 Å². The lowest BCUT2D eigenvalue weighted by Gasteiger charge is -2.11. The summed E-state index contributed by atoms with van der Waals surface area (Å²) in [5.41, 5.74) is 1.59. The van der Waals surface area contributed by atoms with Crippen LogP contribution in [0.25, 0.3) is 0 Å². The zero-order valence-electron chi connectivity index (χ0n) is 11.2. The third-order valence-electron chi connectivity index (χ3n) is 3.90. The van der Waals surface area contributed by atoms with Gasteiger partial charge in [-0.3, -0.25) is 4.79 Å². The summed E-state index contributed by atoms with van der Waals surface area (Å²) in [6.45, 7) is 0. The van der Waals surface area contributed by atoms with E-state index in [1.807, 2.05) is 24.3 Å². The summed E-state index contributed by atoms with van der Waals surface area (Å²) in [7, 11) is 0. The van der Waals surface area contributed by atoms with Gasteiger partial charge in [-0.15, -0.1) is 0 Å². The van der Waals surface area contributed by atoms with E-state index in [2.05, 4.69) is 0 Å². The van der Waals surface area contributed by atoms with Gasteiger partial charge in [-0.25, -0.2) is 0 Å². The second-order valence-electron chi connectivity index (χ2n) is 5.32. The van der Waals surface area contributed by atoms with E-state index in [9.17, 15) is 18.0 Å². The van der Waals surface area contributed by atoms with Gasteiger partial charge >= 0.3 is 6.18 Å². The van der Waals surface area contributed by atoms with Crippen LogP contribution in [0.4, 0.5) is 13.2 Å². The zero-order valence-corrected chi connectivity index (χ0v) is 11.2. The first-order chi connectivity index (χ1) is 9.95. The molecule has 0 N–H and O–H groups in total. The van der Waals surface area contributed by atoms with Crippen molar-refractivity contribution in [3.05, 3.63) is 70.8 Å². The normalized spacial score (nSPS) is 15.0. The van der Waals surface area contributed by atoms with Crippen LogP contribution < -0.4 is 0 Å². The van der Waals surface area contributed by atoms with Crippen LogP contribution >= 0.6 is 0 Å². The van der Waals surface area contributed by atoms with E-state index in [4.69, 9.17) is 0 Å². The summed E-state index contributed by atoms with van der Waals surface area (Å²) in [6.07, 6.45) is -3.22. The van der Waals surface area contributed by atoms with E-state index in [1.54, 1.807) is 0 Å². The maximum atomic E-state index is 12.7. The average molecular weight is 290 g/mol. The molecule has 0 bridgehead atoms. The van der Waals surface area contributed by atoms with Gasteiger partial charge in [-0.05, 0) is 36.1 Å². The minimum atomic E-state index is -4.42. The van der Waals surface area contributed by atoms with Gasteiger partial charge in [0.1, 0.15) is 0 Å². The van der Waals surface area contributed by atoms with Gasteiger partial charge in [0, 0.05) is 11.5 Å². The molecular formula is C17H13F3O. The molecule has 0 heterocycles. The van der Waals surface area contributed by atoms with Crippen molar-refractivity contribution in [2.45, 2.75) is 19.0 Å². The van der Waals surface area contributed by atoms with Crippen LogP contribution in [0.2, 0.25) is 0 Å². The first kappa shape index (κ1) is 13.9. The van der Waals surface area contributed by atoms with E-state index < -0.39 is 11.7 Å². The number of rotatable bonds is 2. The Balaban J connectivity index is 1.85. The van der Waals surface area contributed by atoms with E-state index in [0.717, 1.165) is 23.3 Å². The molecule has 2 aromatic carbocycles. The van der Waals surface area contributed by atoms with Crippen LogP contribution in [0.3, 0.4) is 0 Å². The molecule has 3 rings (SSSR count). The Morgan fingerprint density at radius 2 is 1.57 bits per heavy atom. The fraction of sp³-hybridized carbons (Fsp3) is 0.235. The third kappa shape index (κ3) is 2.71. The molecule has 0 fully saturated rings. The lowest BCUT2D eigenvalue weighted by Crippen LogP contribution is -2.16. The highest BCUT2D eigenvalue weighted by Crippen LogP contribution is 2.32. The van der Waals surface area contributed by atoms with Crippen LogP contribution in [0.15, 0.2) is 48.5 Å². The molecule has 0 radical (unpaired) electrons. The number of alkyl halides is 3. The summed E-state index contributed by atoms with van der Waals surface area (Å²) < 4.78 is 38.1. The van der Waals surface area contributed by atoms with E-state index in [0.29, 0.717) is 12.8 Å². The smallest absolute Gasteiger partial charge is 0.294 e. The van der Waals surface area contributed by atoms with Crippen LogP contribution in [-0.4, -0.2) is 5.78 Å². The van der Waals surface area contributed by atoms with Crippen LogP contribution in [-0.2, 0) is 19.0 Å². The highest BCUT2D eigenvalue weighted by atomic mass is 19.4. The van der Waals surface area contributed by atoms with E-state index in [-0.39, 0.29) is 17.3 Å². The maximum absolute atomic E-state index is 12.7. The molecule has 1 nitrogen and oxygen atoms in total. The highest BCUT2D eigenvalue weighted by Gasteiger charge is 2.32. The van der Waals surface area contributed by atoms with Crippen molar-refractivity contribution < 1.29 is 18.0 Å². The minimum Gasteiger partial charge on any atom is -0.294 e. The van der Waals surface area contributed by atoms with E-state index >= 15 is 0 Å². The minimum absolute atomic E-state index is 0.141. The Kier molecular flexibility index (Phi) is 3.32. The number of ketones is 1. The van der Waals surface area contributed by atoms with Gasteiger partial charge in [-0.1, -0.05) is 36.4 Å². The largest absolute Gasteiger partial charge is 0.416 e. The molecule has 1 aliphatic carbocycles. The number of benzene rings is 2. The molecule has 0 saturated carbocycles. The fourth-order valence-electron chi connectivity index (χ4n) is 2.83. The van der Waals surface area contributed by atoms with Gasteiger partial charge in [0.2, 0.25) is 0 Å². The first-order valence-corrected chi connectivity index (χ1v) is 6.73. The number of fused-ring (bicyclic) bond motifs is 1.